The Morgan fingerprint density at radius 1 is 1.35 bits per heavy atom. The van der Waals surface area contributed by atoms with E-state index in [4.69, 9.17) is 5.73 Å². The fourth-order valence-electron chi connectivity index (χ4n) is 3.58. The maximum atomic E-state index is 12.3. The van der Waals surface area contributed by atoms with Crippen molar-refractivity contribution in [2.75, 3.05) is 6.54 Å². The SMILES string of the molecule is CCCC(N)CC(=O)N1CCCC2CCCC21. The molecule has 2 aliphatic rings. The van der Waals surface area contributed by atoms with Gasteiger partial charge in [-0.1, -0.05) is 19.8 Å². The molecule has 1 saturated heterocycles. The predicted octanol–water partition coefficient (Wildman–Crippen LogP) is 2.29. The van der Waals surface area contributed by atoms with Crippen molar-refractivity contribution in [2.45, 2.75) is 70.4 Å². The average Bonchev–Trinajstić information content (AvgIpc) is 2.76. The van der Waals surface area contributed by atoms with Crippen molar-refractivity contribution in [1.82, 2.24) is 4.90 Å². The minimum atomic E-state index is 0.0641. The van der Waals surface area contributed by atoms with Crippen molar-refractivity contribution in [3.05, 3.63) is 0 Å². The van der Waals surface area contributed by atoms with Crippen LogP contribution in [0.3, 0.4) is 0 Å². The van der Waals surface area contributed by atoms with Gasteiger partial charge in [0, 0.05) is 25.0 Å². The lowest BCUT2D eigenvalue weighted by Crippen LogP contribution is -2.47. The number of hydrogen-bond acceptors (Lipinski definition) is 2. The van der Waals surface area contributed by atoms with Crippen LogP contribution in [0, 0.1) is 5.92 Å². The van der Waals surface area contributed by atoms with Crippen LogP contribution in [-0.4, -0.2) is 29.4 Å². The van der Waals surface area contributed by atoms with Crippen molar-refractivity contribution in [3.8, 4) is 0 Å². The average molecular weight is 238 g/mol. The summed E-state index contributed by atoms with van der Waals surface area (Å²) in [4.78, 5) is 14.4. The number of amides is 1. The molecule has 1 aliphatic heterocycles. The summed E-state index contributed by atoms with van der Waals surface area (Å²) in [5.74, 6) is 1.10. The highest BCUT2D eigenvalue weighted by atomic mass is 16.2. The van der Waals surface area contributed by atoms with Gasteiger partial charge in [0.2, 0.25) is 5.91 Å². The monoisotopic (exact) mass is 238 g/mol. The summed E-state index contributed by atoms with van der Waals surface area (Å²) in [5, 5.41) is 0. The van der Waals surface area contributed by atoms with Crippen LogP contribution in [0.5, 0.6) is 0 Å². The zero-order valence-corrected chi connectivity index (χ0v) is 11.0. The molecule has 3 heteroatoms. The molecule has 2 fully saturated rings. The molecular weight excluding hydrogens is 212 g/mol. The number of rotatable bonds is 4. The normalized spacial score (nSPS) is 30.1. The van der Waals surface area contributed by atoms with Crippen molar-refractivity contribution in [3.63, 3.8) is 0 Å². The fraction of sp³-hybridized carbons (Fsp3) is 0.929. The molecule has 1 saturated carbocycles. The minimum absolute atomic E-state index is 0.0641. The Morgan fingerprint density at radius 2 is 2.12 bits per heavy atom. The molecule has 3 unspecified atom stereocenters. The van der Waals surface area contributed by atoms with Gasteiger partial charge in [-0.25, -0.2) is 0 Å². The molecule has 17 heavy (non-hydrogen) atoms. The van der Waals surface area contributed by atoms with Crippen LogP contribution in [0.15, 0.2) is 0 Å². The Bertz CT molecular complexity index is 267. The highest BCUT2D eigenvalue weighted by Gasteiger charge is 2.37. The van der Waals surface area contributed by atoms with E-state index in [0.29, 0.717) is 18.4 Å². The van der Waals surface area contributed by atoms with Gasteiger partial charge in [-0.15, -0.1) is 0 Å². The van der Waals surface area contributed by atoms with Crippen LogP contribution in [0.25, 0.3) is 0 Å². The summed E-state index contributed by atoms with van der Waals surface area (Å²) in [6.07, 6.45) is 8.96. The number of likely N-dealkylation sites (tertiary alicyclic amines) is 1. The van der Waals surface area contributed by atoms with Gasteiger partial charge in [0.15, 0.2) is 0 Å². The lowest BCUT2D eigenvalue weighted by molar-refractivity contribution is -0.136. The zero-order valence-electron chi connectivity index (χ0n) is 11.0. The molecule has 0 radical (unpaired) electrons. The molecule has 2 N–H and O–H groups in total. The van der Waals surface area contributed by atoms with E-state index in [9.17, 15) is 4.79 Å². The third-order valence-corrected chi connectivity index (χ3v) is 4.41. The summed E-state index contributed by atoms with van der Waals surface area (Å²) in [6.45, 7) is 3.09. The van der Waals surface area contributed by atoms with E-state index >= 15 is 0 Å². The summed E-state index contributed by atoms with van der Waals surface area (Å²) >= 11 is 0. The first kappa shape index (κ1) is 12.9. The van der Waals surface area contributed by atoms with Gasteiger partial charge in [0.05, 0.1) is 0 Å². The highest BCUT2D eigenvalue weighted by molar-refractivity contribution is 5.77. The second-order valence-electron chi connectivity index (χ2n) is 5.74. The van der Waals surface area contributed by atoms with Gasteiger partial charge in [-0.3, -0.25) is 4.79 Å². The van der Waals surface area contributed by atoms with E-state index < -0.39 is 0 Å². The van der Waals surface area contributed by atoms with E-state index in [1.165, 1.54) is 32.1 Å². The first-order valence-electron chi connectivity index (χ1n) is 7.27. The summed E-state index contributed by atoms with van der Waals surface area (Å²) in [7, 11) is 0. The molecule has 0 aromatic rings. The lowest BCUT2D eigenvalue weighted by atomic mass is 9.91. The summed E-state index contributed by atoms with van der Waals surface area (Å²) < 4.78 is 0. The van der Waals surface area contributed by atoms with Crippen LogP contribution in [0.4, 0.5) is 0 Å². The maximum Gasteiger partial charge on any atom is 0.224 e. The van der Waals surface area contributed by atoms with Crippen molar-refractivity contribution in [2.24, 2.45) is 11.7 Å². The number of piperidine rings is 1. The van der Waals surface area contributed by atoms with Crippen molar-refractivity contribution >= 4 is 5.91 Å². The van der Waals surface area contributed by atoms with Crippen LogP contribution in [0.1, 0.15) is 58.3 Å². The van der Waals surface area contributed by atoms with Gasteiger partial charge >= 0.3 is 0 Å². The lowest BCUT2D eigenvalue weighted by Gasteiger charge is -2.38. The zero-order chi connectivity index (χ0) is 12.3. The number of carbonyl (C=O) groups is 1. The van der Waals surface area contributed by atoms with Crippen molar-refractivity contribution < 1.29 is 4.79 Å². The first-order valence-corrected chi connectivity index (χ1v) is 7.27. The quantitative estimate of drug-likeness (QED) is 0.817. The van der Waals surface area contributed by atoms with Gasteiger partial charge in [-0.05, 0) is 38.0 Å². The van der Waals surface area contributed by atoms with Gasteiger partial charge < -0.3 is 10.6 Å². The van der Waals surface area contributed by atoms with Crippen LogP contribution >= 0.6 is 0 Å². The van der Waals surface area contributed by atoms with E-state index in [-0.39, 0.29) is 6.04 Å². The van der Waals surface area contributed by atoms with Gasteiger partial charge in [0.1, 0.15) is 0 Å². The first-order chi connectivity index (χ1) is 8.22. The molecular formula is C14H26N2O. The highest BCUT2D eigenvalue weighted by Crippen LogP contribution is 2.37. The molecule has 2 rings (SSSR count). The molecule has 1 aliphatic carbocycles. The topological polar surface area (TPSA) is 46.3 Å². The molecule has 0 bridgehead atoms. The van der Waals surface area contributed by atoms with Crippen molar-refractivity contribution in [1.29, 1.82) is 0 Å². The predicted molar refractivity (Wildman–Crippen MR) is 69.6 cm³/mol. The van der Waals surface area contributed by atoms with Crippen LogP contribution in [0.2, 0.25) is 0 Å². The standard InChI is InChI=1S/C14H26N2O/c1-2-5-12(15)10-14(17)16-9-4-7-11-6-3-8-13(11)16/h11-13H,2-10,15H2,1H3. The smallest absolute Gasteiger partial charge is 0.224 e. The Kier molecular flexibility index (Phi) is 4.43. The van der Waals surface area contributed by atoms with Crippen LogP contribution < -0.4 is 5.73 Å². The number of nitrogens with two attached hydrogens (primary N) is 1. The molecule has 3 atom stereocenters. The largest absolute Gasteiger partial charge is 0.339 e. The van der Waals surface area contributed by atoms with Gasteiger partial charge in [-0.2, -0.15) is 0 Å². The number of fused-ring (bicyclic) bond motifs is 1. The van der Waals surface area contributed by atoms with E-state index in [0.717, 1.165) is 25.3 Å². The Morgan fingerprint density at radius 3 is 2.88 bits per heavy atom. The molecule has 0 aromatic carbocycles. The second kappa shape index (κ2) is 5.85. The fourth-order valence-corrected chi connectivity index (χ4v) is 3.58. The molecule has 98 valence electrons. The molecule has 1 amide bonds. The minimum Gasteiger partial charge on any atom is -0.339 e. The van der Waals surface area contributed by atoms with E-state index in [1.807, 2.05) is 0 Å². The van der Waals surface area contributed by atoms with Crippen LogP contribution in [-0.2, 0) is 4.79 Å². The molecule has 3 nitrogen and oxygen atoms in total. The maximum absolute atomic E-state index is 12.3. The number of hydrogen-bond donors (Lipinski definition) is 1. The number of nitrogens with zero attached hydrogens (tertiary/aromatic N) is 1. The third kappa shape index (κ3) is 3.01. The Hall–Kier alpha value is -0.570. The molecule has 1 heterocycles. The third-order valence-electron chi connectivity index (χ3n) is 4.41. The summed E-state index contributed by atoms with van der Waals surface area (Å²) in [5.41, 5.74) is 5.98. The second-order valence-corrected chi connectivity index (χ2v) is 5.74. The Balaban J connectivity index is 1.89. The Labute approximate surface area is 105 Å². The number of carbonyl (C=O) groups excluding carboxylic acids is 1. The van der Waals surface area contributed by atoms with Gasteiger partial charge in [0.25, 0.3) is 0 Å². The molecule has 0 aromatic heterocycles. The van der Waals surface area contributed by atoms with E-state index in [1.54, 1.807) is 0 Å². The summed E-state index contributed by atoms with van der Waals surface area (Å²) in [6, 6.07) is 0.611. The van der Waals surface area contributed by atoms with E-state index in [2.05, 4.69) is 11.8 Å². The molecule has 0 spiro atoms.